The Kier molecular flexibility index (Phi) is 5.52. The van der Waals surface area contributed by atoms with Crippen LogP contribution in [0.2, 0.25) is 10.0 Å². The zero-order chi connectivity index (χ0) is 14.5. The molecule has 0 N–H and O–H groups in total. The van der Waals surface area contributed by atoms with E-state index in [1.807, 2.05) is 0 Å². The van der Waals surface area contributed by atoms with Gasteiger partial charge >= 0.3 is 6.03 Å². The molecule has 2 rings (SSSR count). The predicted molar refractivity (Wildman–Crippen MR) is 81.4 cm³/mol. The monoisotopic (exact) mass is 316 g/mol. The van der Waals surface area contributed by atoms with Crippen LogP contribution in [0.5, 0.6) is 0 Å². The van der Waals surface area contributed by atoms with Crippen LogP contribution in [0, 0.1) is 0 Å². The van der Waals surface area contributed by atoms with Gasteiger partial charge in [0.15, 0.2) is 0 Å². The van der Waals surface area contributed by atoms with Crippen molar-refractivity contribution >= 4 is 34.9 Å². The van der Waals surface area contributed by atoms with Gasteiger partial charge in [-0.1, -0.05) is 43.0 Å². The summed E-state index contributed by atoms with van der Waals surface area (Å²) < 4.78 is 0. The van der Waals surface area contributed by atoms with Gasteiger partial charge in [0, 0.05) is 5.69 Å². The normalized spacial score (nSPS) is 15.8. The maximum Gasteiger partial charge on any atom is 0.348 e. The fourth-order valence-electron chi connectivity index (χ4n) is 2.09. The van der Waals surface area contributed by atoms with Gasteiger partial charge in [-0.25, -0.2) is 9.86 Å². The van der Waals surface area contributed by atoms with E-state index in [1.54, 1.807) is 23.1 Å². The molecule has 2 amide bonds. The van der Waals surface area contributed by atoms with Gasteiger partial charge in [0.05, 0.1) is 29.7 Å². The predicted octanol–water partition coefficient (Wildman–Crippen LogP) is 4.36. The Morgan fingerprint density at radius 1 is 1.25 bits per heavy atom. The molecule has 0 unspecified atom stereocenters. The average molecular weight is 317 g/mol. The Balaban J connectivity index is 2.07. The standard InChI is InChI=1S/C14H18Cl2N2O2/c1-2-3-4-7-18-14(19)17(8-9-20-18)11-5-6-12(15)13(16)10-11/h5-6,10H,2-4,7-9H2,1H3. The third-order valence-corrected chi connectivity index (χ3v) is 3.92. The van der Waals surface area contributed by atoms with Crippen LogP contribution in [0.15, 0.2) is 18.2 Å². The number of carbonyl (C=O) groups excluding carboxylic acids is 1. The highest BCUT2D eigenvalue weighted by Gasteiger charge is 2.27. The van der Waals surface area contributed by atoms with Crippen LogP contribution in [0.4, 0.5) is 10.5 Å². The Morgan fingerprint density at radius 3 is 2.75 bits per heavy atom. The van der Waals surface area contributed by atoms with Gasteiger partial charge in [-0.05, 0) is 24.6 Å². The van der Waals surface area contributed by atoms with Crippen LogP contribution >= 0.6 is 23.2 Å². The third kappa shape index (κ3) is 3.57. The maximum absolute atomic E-state index is 12.4. The number of hydrogen-bond acceptors (Lipinski definition) is 2. The lowest BCUT2D eigenvalue weighted by atomic mass is 10.2. The molecule has 1 aliphatic heterocycles. The van der Waals surface area contributed by atoms with E-state index in [9.17, 15) is 4.79 Å². The van der Waals surface area contributed by atoms with Crippen LogP contribution in [-0.2, 0) is 4.84 Å². The van der Waals surface area contributed by atoms with Crippen LogP contribution in [0.1, 0.15) is 26.2 Å². The van der Waals surface area contributed by atoms with Crippen LogP contribution < -0.4 is 4.90 Å². The second-order valence-electron chi connectivity index (χ2n) is 4.68. The van der Waals surface area contributed by atoms with Crippen LogP contribution in [-0.4, -0.2) is 30.8 Å². The largest absolute Gasteiger partial charge is 0.348 e. The first-order chi connectivity index (χ1) is 9.63. The Bertz CT molecular complexity index is 482. The first kappa shape index (κ1) is 15.4. The molecule has 1 aliphatic rings. The number of amides is 2. The number of hydrogen-bond donors (Lipinski definition) is 0. The fourth-order valence-corrected chi connectivity index (χ4v) is 2.38. The fraction of sp³-hybridized carbons (Fsp3) is 0.500. The number of benzene rings is 1. The minimum absolute atomic E-state index is 0.147. The highest BCUT2D eigenvalue weighted by atomic mass is 35.5. The second kappa shape index (κ2) is 7.16. The van der Waals surface area contributed by atoms with E-state index in [1.165, 1.54) is 5.06 Å². The molecule has 1 saturated heterocycles. The molecule has 0 aromatic heterocycles. The second-order valence-corrected chi connectivity index (χ2v) is 5.49. The molecule has 1 heterocycles. The van der Waals surface area contributed by atoms with Crippen molar-refractivity contribution in [3.8, 4) is 0 Å². The van der Waals surface area contributed by atoms with E-state index in [4.69, 9.17) is 28.0 Å². The summed E-state index contributed by atoms with van der Waals surface area (Å²) in [6, 6.07) is 5.05. The number of rotatable bonds is 5. The SMILES string of the molecule is CCCCCN1OCCN(c2ccc(Cl)c(Cl)c2)C1=O. The topological polar surface area (TPSA) is 32.8 Å². The van der Waals surface area contributed by atoms with E-state index >= 15 is 0 Å². The number of carbonyl (C=O) groups is 1. The summed E-state index contributed by atoms with van der Waals surface area (Å²) in [5, 5.41) is 2.36. The molecule has 1 aromatic carbocycles. The summed E-state index contributed by atoms with van der Waals surface area (Å²) in [5.74, 6) is 0. The summed E-state index contributed by atoms with van der Waals surface area (Å²) in [4.78, 5) is 19.5. The van der Waals surface area contributed by atoms with Gasteiger partial charge in [0.2, 0.25) is 0 Å². The van der Waals surface area contributed by atoms with E-state index in [-0.39, 0.29) is 6.03 Å². The first-order valence-corrected chi connectivity index (χ1v) is 7.56. The number of anilines is 1. The molecule has 0 spiro atoms. The first-order valence-electron chi connectivity index (χ1n) is 6.80. The van der Waals surface area contributed by atoms with Crippen LogP contribution in [0.3, 0.4) is 0 Å². The summed E-state index contributed by atoms with van der Waals surface area (Å²) in [5.41, 5.74) is 0.744. The number of hydroxylamine groups is 2. The van der Waals surface area contributed by atoms with Gasteiger partial charge in [-0.15, -0.1) is 0 Å². The van der Waals surface area contributed by atoms with E-state index in [0.717, 1.165) is 24.9 Å². The van der Waals surface area contributed by atoms with Gasteiger partial charge < -0.3 is 0 Å². The molecule has 110 valence electrons. The average Bonchev–Trinajstić information content (AvgIpc) is 2.44. The van der Waals surface area contributed by atoms with Gasteiger partial charge in [0.25, 0.3) is 0 Å². The molecule has 0 bridgehead atoms. The zero-order valence-corrected chi connectivity index (χ0v) is 13.0. The molecule has 4 nitrogen and oxygen atoms in total. The van der Waals surface area contributed by atoms with E-state index in [0.29, 0.717) is 29.7 Å². The Labute approximate surface area is 129 Å². The van der Waals surface area contributed by atoms with Gasteiger partial charge in [-0.2, -0.15) is 0 Å². The molecule has 0 aliphatic carbocycles. The highest BCUT2D eigenvalue weighted by molar-refractivity contribution is 6.42. The summed E-state index contributed by atoms with van der Waals surface area (Å²) >= 11 is 11.9. The Hall–Kier alpha value is -0.970. The maximum atomic E-state index is 12.4. The summed E-state index contributed by atoms with van der Waals surface area (Å²) in [6.45, 7) is 3.74. The van der Waals surface area contributed by atoms with E-state index < -0.39 is 0 Å². The molecule has 20 heavy (non-hydrogen) atoms. The highest BCUT2D eigenvalue weighted by Crippen LogP contribution is 2.28. The number of unbranched alkanes of at least 4 members (excludes halogenated alkanes) is 2. The van der Waals surface area contributed by atoms with Crippen molar-refractivity contribution in [2.75, 3.05) is 24.6 Å². The molecular weight excluding hydrogens is 299 g/mol. The smallest absolute Gasteiger partial charge is 0.290 e. The zero-order valence-electron chi connectivity index (χ0n) is 11.4. The van der Waals surface area contributed by atoms with Crippen molar-refractivity contribution in [3.63, 3.8) is 0 Å². The molecule has 0 atom stereocenters. The van der Waals surface area contributed by atoms with Crippen LogP contribution in [0.25, 0.3) is 0 Å². The van der Waals surface area contributed by atoms with Crippen molar-refractivity contribution < 1.29 is 9.63 Å². The van der Waals surface area contributed by atoms with Crippen molar-refractivity contribution in [2.24, 2.45) is 0 Å². The van der Waals surface area contributed by atoms with E-state index in [2.05, 4.69) is 6.92 Å². The summed E-state index contributed by atoms with van der Waals surface area (Å²) in [7, 11) is 0. The quantitative estimate of drug-likeness (QED) is 0.756. The minimum Gasteiger partial charge on any atom is -0.290 e. The van der Waals surface area contributed by atoms with Crippen molar-refractivity contribution in [1.82, 2.24) is 5.06 Å². The molecule has 6 heteroatoms. The van der Waals surface area contributed by atoms with Crippen molar-refractivity contribution in [3.05, 3.63) is 28.2 Å². The van der Waals surface area contributed by atoms with Gasteiger partial charge in [-0.3, -0.25) is 9.74 Å². The lowest BCUT2D eigenvalue weighted by Crippen LogP contribution is -2.50. The molecule has 0 saturated carbocycles. The molecular formula is C14H18Cl2N2O2. The molecule has 1 aromatic rings. The minimum atomic E-state index is -0.147. The number of halogens is 2. The summed E-state index contributed by atoms with van der Waals surface area (Å²) in [6.07, 6.45) is 3.13. The third-order valence-electron chi connectivity index (χ3n) is 3.19. The number of nitrogens with zero attached hydrogens (tertiary/aromatic N) is 2. The van der Waals surface area contributed by atoms with Crippen molar-refractivity contribution in [1.29, 1.82) is 0 Å². The molecule has 1 fully saturated rings. The van der Waals surface area contributed by atoms with Gasteiger partial charge in [0.1, 0.15) is 0 Å². The number of urea groups is 1. The lowest BCUT2D eigenvalue weighted by Gasteiger charge is -2.34. The molecule has 0 radical (unpaired) electrons. The Morgan fingerprint density at radius 2 is 2.05 bits per heavy atom. The lowest BCUT2D eigenvalue weighted by molar-refractivity contribution is -0.124. The van der Waals surface area contributed by atoms with Crippen molar-refractivity contribution in [2.45, 2.75) is 26.2 Å².